The van der Waals surface area contributed by atoms with E-state index in [0.29, 0.717) is 13.2 Å². The lowest BCUT2D eigenvalue weighted by atomic mass is 10.0. The maximum Gasteiger partial charge on any atom is 0.164 e. The fraction of sp³-hybridized carbons (Fsp3) is 0.538. The van der Waals surface area contributed by atoms with Gasteiger partial charge in [0.25, 0.3) is 0 Å². The molecule has 3 nitrogen and oxygen atoms in total. The molecule has 1 aliphatic heterocycles. The van der Waals surface area contributed by atoms with E-state index in [1.54, 1.807) is 0 Å². The summed E-state index contributed by atoms with van der Waals surface area (Å²) < 4.78 is 12.4. The Labute approximate surface area is 110 Å². The van der Waals surface area contributed by atoms with Crippen LogP contribution >= 0.6 is 15.9 Å². The molecule has 1 aliphatic rings. The van der Waals surface area contributed by atoms with E-state index in [1.807, 2.05) is 6.07 Å². The quantitative estimate of drug-likeness (QED) is 0.870. The Kier molecular flexibility index (Phi) is 4.29. The Morgan fingerprint density at radius 1 is 1.29 bits per heavy atom. The summed E-state index contributed by atoms with van der Waals surface area (Å²) in [5, 5.41) is 0. The van der Waals surface area contributed by atoms with Gasteiger partial charge in [-0.25, -0.2) is 0 Å². The Hall–Kier alpha value is -0.740. The van der Waals surface area contributed by atoms with Gasteiger partial charge in [-0.05, 0) is 49.9 Å². The lowest BCUT2D eigenvalue weighted by molar-refractivity contribution is 0.170. The lowest BCUT2D eigenvalue weighted by Gasteiger charge is -2.22. The molecule has 0 atom stereocenters. The number of halogens is 1. The summed E-state index contributed by atoms with van der Waals surface area (Å²) in [6, 6.07) is 2.01. The number of fused-ring (bicyclic) bond motifs is 1. The third kappa shape index (κ3) is 2.75. The number of hydrogen-bond acceptors (Lipinski definition) is 3. The number of unbranched alkanes of at least 4 members (excludes halogenated alkanes) is 1. The normalized spacial score (nSPS) is 13.8. The minimum Gasteiger partial charge on any atom is -0.486 e. The zero-order chi connectivity index (χ0) is 12.3. The Bertz CT molecular complexity index is 407. The van der Waals surface area contributed by atoms with Crippen LogP contribution in [0.3, 0.4) is 0 Å². The molecule has 1 aromatic carbocycles. The molecule has 0 aliphatic carbocycles. The van der Waals surface area contributed by atoms with Crippen molar-refractivity contribution in [1.29, 1.82) is 0 Å². The van der Waals surface area contributed by atoms with Crippen LogP contribution in [0.1, 0.15) is 24.0 Å². The molecule has 0 bridgehead atoms. The largest absolute Gasteiger partial charge is 0.486 e. The van der Waals surface area contributed by atoms with Crippen LogP contribution in [-0.4, -0.2) is 19.8 Å². The molecule has 2 rings (SSSR count). The zero-order valence-corrected chi connectivity index (χ0v) is 11.7. The van der Waals surface area contributed by atoms with Gasteiger partial charge in [-0.2, -0.15) is 0 Å². The first-order valence-electron chi connectivity index (χ1n) is 6.01. The molecule has 0 radical (unpaired) electrons. The Morgan fingerprint density at radius 3 is 2.82 bits per heavy atom. The molecule has 2 N–H and O–H groups in total. The molecule has 0 saturated heterocycles. The van der Waals surface area contributed by atoms with Gasteiger partial charge in [0, 0.05) is 4.47 Å². The summed E-state index contributed by atoms with van der Waals surface area (Å²) in [5.41, 5.74) is 8.02. The van der Waals surface area contributed by atoms with E-state index >= 15 is 0 Å². The predicted octanol–water partition coefficient (Wildman–Crippen LogP) is 2.81. The van der Waals surface area contributed by atoms with Crippen molar-refractivity contribution in [3.8, 4) is 11.5 Å². The standard InChI is InChI=1S/C13H18BrNO2/c1-9-10(4-2-3-5-15)11(14)8-12-13(9)17-7-6-16-12/h8H,2-7,15H2,1H3. The molecule has 0 amide bonds. The highest BCUT2D eigenvalue weighted by Crippen LogP contribution is 2.40. The molecule has 4 heteroatoms. The van der Waals surface area contributed by atoms with E-state index in [9.17, 15) is 0 Å². The fourth-order valence-corrected chi connectivity index (χ4v) is 2.81. The minimum atomic E-state index is 0.630. The van der Waals surface area contributed by atoms with E-state index in [1.165, 1.54) is 11.1 Å². The van der Waals surface area contributed by atoms with Gasteiger partial charge >= 0.3 is 0 Å². The highest BCUT2D eigenvalue weighted by atomic mass is 79.9. The highest BCUT2D eigenvalue weighted by Gasteiger charge is 2.19. The summed E-state index contributed by atoms with van der Waals surface area (Å²) in [6.45, 7) is 4.11. The van der Waals surface area contributed by atoms with Crippen LogP contribution in [-0.2, 0) is 6.42 Å². The van der Waals surface area contributed by atoms with E-state index in [2.05, 4.69) is 22.9 Å². The molecule has 1 heterocycles. The van der Waals surface area contributed by atoms with Crippen molar-refractivity contribution in [2.24, 2.45) is 5.73 Å². The van der Waals surface area contributed by atoms with Crippen LogP contribution in [0, 0.1) is 6.92 Å². The van der Waals surface area contributed by atoms with Crippen molar-refractivity contribution in [3.63, 3.8) is 0 Å². The number of ether oxygens (including phenoxy) is 2. The average Bonchev–Trinajstić information content (AvgIpc) is 2.33. The minimum absolute atomic E-state index is 0.630. The molecular formula is C13H18BrNO2. The van der Waals surface area contributed by atoms with Crippen molar-refractivity contribution in [3.05, 3.63) is 21.7 Å². The van der Waals surface area contributed by atoms with Crippen LogP contribution in [0.25, 0.3) is 0 Å². The van der Waals surface area contributed by atoms with Gasteiger partial charge in [0.15, 0.2) is 11.5 Å². The van der Waals surface area contributed by atoms with Crippen LogP contribution < -0.4 is 15.2 Å². The maximum absolute atomic E-state index is 5.69. The average molecular weight is 300 g/mol. The van der Waals surface area contributed by atoms with Crippen LogP contribution in [0.4, 0.5) is 0 Å². The number of hydrogen-bond donors (Lipinski definition) is 1. The number of rotatable bonds is 4. The molecule has 0 aromatic heterocycles. The first kappa shape index (κ1) is 12.7. The lowest BCUT2D eigenvalue weighted by Crippen LogP contribution is -2.17. The second-order valence-electron chi connectivity index (χ2n) is 4.23. The molecule has 17 heavy (non-hydrogen) atoms. The van der Waals surface area contributed by atoms with Crippen molar-refractivity contribution >= 4 is 15.9 Å². The van der Waals surface area contributed by atoms with Gasteiger partial charge in [-0.3, -0.25) is 0 Å². The zero-order valence-electron chi connectivity index (χ0n) is 10.1. The van der Waals surface area contributed by atoms with Gasteiger partial charge < -0.3 is 15.2 Å². The first-order valence-corrected chi connectivity index (χ1v) is 6.81. The van der Waals surface area contributed by atoms with E-state index in [-0.39, 0.29) is 0 Å². The van der Waals surface area contributed by atoms with Crippen LogP contribution in [0.2, 0.25) is 0 Å². The monoisotopic (exact) mass is 299 g/mol. The van der Waals surface area contributed by atoms with E-state index < -0.39 is 0 Å². The second kappa shape index (κ2) is 5.74. The summed E-state index contributed by atoms with van der Waals surface area (Å²) in [4.78, 5) is 0. The maximum atomic E-state index is 5.69. The fourth-order valence-electron chi connectivity index (χ4n) is 2.10. The van der Waals surface area contributed by atoms with Crippen molar-refractivity contribution in [1.82, 2.24) is 0 Å². The van der Waals surface area contributed by atoms with Gasteiger partial charge in [-0.15, -0.1) is 0 Å². The van der Waals surface area contributed by atoms with Gasteiger partial charge in [0.2, 0.25) is 0 Å². The molecule has 0 spiro atoms. The van der Waals surface area contributed by atoms with E-state index in [4.69, 9.17) is 15.2 Å². The smallest absolute Gasteiger partial charge is 0.164 e. The summed E-state index contributed by atoms with van der Waals surface area (Å²) in [5.74, 6) is 1.75. The Morgan fingerprint density at radius 2 is 2.06 bits per heavy atom. The highest BCUT2D eigenvalue weighted by molar-refractivity contribution is 9.10. The molecule has 0 unspecified atom stereocenters. The molecule has 1 aromatic rings. The number of benzene rings is 1. The predicted molar refractivity (Wildman–Crippen MR) is 71.9 cm³/mol. The van der Waals surface area contributed by atoms with Gasteiger partial charge in [0.05, 0.1) is 0 Å². The third-order valence-electron chi connectivity index (χ3n) is 3.03. The Balaban J connectivity index is 2.26. The summed E-state index contributed by atoms with van der Waals surface area (Å²) >= 11 is 3.61. The SMILES string of the molecule is Cc1c(CCCCN)c(Br)cc2c1OCCO2. The van der Waals surface area contributed by atoms with Crippen LogP contribution in [0.5, 0.6) is 11.5 Å². The van der Waals surface area contributed by atoms with Gasteiger partial charge in [0.1, 0.15) is 13.2 Å². The molecule has 0 fully saturated rings. The summed E-state index contributed by atoms with van der Waals surface area (Å²) in [6.07, 6.45) is 3.19. The topological polar surface area (TPSA) is 44.5 Å². The molecular weight excluding hydrogens is 282 g/mol. The van der Waals surface area contributed by atoms with Crippen molar-refractivity contribution in [2.45, 2.75) is 26.2 Å². The molecule has 94 valence electrons. The molecule has 0 saturated carbocycles. The van der Waals surface area contributed by atoms with E-state index in [0.717, 1.165) is 41.8 Å². The third-order valence-corrected chi connectivity index (χ3v) is 3.74. The summed E-state index contributed by atoms with van der Waals surface area (Å²) in [7, 11) is 0. The number of nitrogens with two attached hydrogens (primary N) is 1. The first-order chi connectivity index (χ1) is 8.24. The van der Waals surface area contributed by atoms with Crippen LogP contribution in [0.15, 0.2) is 10.5 Å². The second-order valence-corrected chi connectivity index (χ2v) is 5.09. The van der Waals surface area contributed by atoms with Crippen molar-refractivity contribution < 1.29 is 9.47 Å². The van der Waals surface area contributed by atoms with Gasteiger partial charge in [-0.1, -0.05) is 15.9 Å². The van der Waals surface area contributed by atoms with Crippen molar-refractivity contribution in [2.75, 3.05) is 19.8 Å².